The number of fused-ring (bicyclic) bond motifs is 1. The second kappa shape index (κ2) is 4.09. The smallest absolute Gasteiger partial charge is 0.413 e. The number of H-pyrrole nitrogens is 1. The van der Waals surface area contributed by atoms with E-state index >= 15 is 0 Å². The Balaban J connectivity index is 2.44. The Labute approximate surface area is 98.1 Å². The van der Waals surface area contributed by atoms with E-state index in [0.29, 0.717) is 9.99 Å². The van der Waals surface area contributed by atoms with Gasteiger partial charge in [0, 0.05) is 4.47 Å². The van der Waals surface area contributed by atoms with Crippen molar-refractivity contribution in [2.45, 2.75) is 0 Å². The molecule has 1 amide bonds. The molecule has 2 aromatic rings. The number of rotatable bonds is 1. The number of hydrogen-bond donors (Lipinski definition) is 2. The van der Waals surface area contributed by atoms with Gasteiger partial charge in [0.15, 0.2) is 5.82 Å². The molecule has 0 fully saturated rings. The molecule has 0 saturated carbocycles. The first-order valence-electron chi connectivity index (χ1n) is 4.30. The molecule has 1 aromatic heterocycles. The van der Waals surface area contributed by atoms with Crippen LogP contribution >= 0.6 is 15.9 Å². The predicted octanol–water partition coefficient (Wildman–Crippen LogP) is 2.64. The molecule has 0 aliphatic carbocycles. The molecule has 0 aliphatic heterocycles. The molecule has 0 bridgehead atoms. The maximum absolute atomic E-state index is 13.4. The summed E-state index contributed by atoms with van der Waals surface area (Å²) in [7, 11) is 1.23. The van der Waals surface area contributed by atoms with Crippen molar-refractivity contribution >= 4 is 39.0 Å². The number of anilines is 1. The van der Waals surface area contributed by atoms with E-state index in [1.54, 1.807) is 6.07 Å². The van der Waals surface area contributed by atoms with Crippen LogP contribution in [-0.2, 0) is 4.74 Å². The number of nitrogens with one attached hydrogen (secondary N) is 2. The van der Waals surface area contributed by atoms with Crippen molar-refractivity contribution in [3.05, 3.63) is 22.4 Å². The monoisotopic (exact) mass is 287 g/mol. The molecule has 0 atom stereocenters. The number of benzene rings is 1. The van der Waals surface area contributed by atoms with E-state index in [0.717, 1.165) is 0 Å². The topological polar surface area (TPSA) is 67.0 Å². The molecule has 5 nitrogen and oxygen atoms in total. The third kappa shape index (κ3) is 1.99. The van der Waals surface area contributed by atoms with Gasteiger partial charge >= 0.3 is 6.09 Å². The maximum atomic E-state index is 13.4. The average Bonchev–Trinajstić information content (AvgIpc) is 2.60. The highest BCUT2D eigenvalue weighted by Crippen LogP contribution is 2.22. The quantitative estimate of drug-likeness (QED) is 0.847. The zero-order valence-corrected chi connectivity index (χ0v) is 9.76. The highest BCUT2D eigenvalue weighted by molar-refractivity contribution is 9.10. The summed E-state index contributed by atoms with van der Waals surface area (Å²) in [6, 6.07) is 2.96. The van der Waals surface area contributed by atoms with Gasteiger partial charge in [-0.05, 0) is 12.1 Å². The van der Waals surface area contributed by atoms with Crippen LogP contribution in [0.15, 0.2) is 16.6 Å². The summed E-state index contributed by atoms with van der Waals surface area (Å²) in [6.07, 6.45) is -0.668. The molecule has 0 saturated heterocycles. The van der Waals surface area contributed by atoms with Crippen molar-refractivity contribution < 1.29 is 13.9 Å². The summed E-state index contributed by atoms with van der Waals surface area (Å²) in [5, 5.41) is 2.32. The SMILES string of the molecule is COC(=O)Nc1nc2c(F)cc(Br)cc2[nH]1. The number of hydrogen-bond acceptors (Lipinski definition) is 3. The van der Waals surface area contributed by atoms with E-state index in [4.69, 9.17) is 0 Å². The van der Waals surface area contributed by atoms with E-state index in [2.05, 4.69) is 36.0 Å². The Morgan fingerprint density at radius 3 is 3.06 bits per heavy atom. The number of aromatic nitrogens is 2. The van der Waals surface area contributed by atoms with Gasteiger partial charge in [-0.25, -0.2) is 14.2 Å². The number of halogens is 2. The van der Waals surface area contributed by atoms with Crippen LogP contribution in [0.25, 0.3) is 11.0 Å². The summed E-state index contributed by atoms with van der Waals surface area (Å²) in [5.74, 6) is -0.336. The van der Waals surface area contributed by atoms with Gasteiger partial charge in [0.2, 0.25) is 5.95 Å². The first-order chi connectivity index (χ1) is 7.60. The highest BCUT2D eigenvalue weighted by atomic mass is 79.9. The van der Waals surface area contributed by atoms with Crippen molar-refractivity contribution in [1.82, 2.24) is 9.97 Å². The van der Waals surface area contributed by atoms with Crippen LogP contribution < -0.4 is 5.32 Å². The molecule has 0 unspecified atom stereocenters. The maximum Gasteiger partial charge on any atom is 0.413 e. The van der Waals surface area contributed by atoms with E-state index in [1.165, 1.54) is 13.2 Å². The predicted molar refractivity (Wildman–Crippen MR) is 59.8 cm³/mol. The van der Waals surface area contributed by atoms with Crippen LogP contribution in [0.4, 0.5) is 15.1 Å². The van der Waals surface area contributed by atoms with Gasteiger partial charge in [0.1, 0.15) is 5.52 Å². The van der Waals surface area contributed by atoms with Crippen LogP contribution in [0.5, 0.6) is 0 Å². The summed E-state index contributed by atoms with van der Waals surface area (Å²) in [4.78, 5) is 17.5. The third-order valence-electron chi connectivity index (χ3n) is 1.91. The van der Waals surface area contributed by atoms with Gasteiger partial charge in [-0.3, -0.25) is 5.32 Å². The number of amides is 1. The fourth-order valence-corrected chi connectivity index (χ4v) is 1.68. The lowest BCUT2D eigenvalue weighted by Gasteiger charge is -1.96. The van der Waals surface area contributed by atoms with Gasteiger partial charge in [-0.1, -0.05) is 15.9 Å². The molecule has 84 valence electrons. The largest absolute Gasteiger partial charge is 0.453 e. The van der Waals surface area contributed by atoms with Gasteiger partial charge in [0.25, 0.3) is 0 Å². The highest BCUT2D eigenvalue weighted by Gasteiger charge is 2.10. The van der Waals surface area contributed by atoms with Gasteiger partial charge in [-0.2, -0.15) is 0 Å². The number of imidazole rings is 1. The molecule has 1 heterocycles. The summed E-state index contributed by atoms with van der Waals surface area (Å²) < 4.78 is 18.4. The number of carbonyl (C=O) groups is 1. The fourth-order valence-electron chi connectivity index (χ4n) is 1.25. The van der Waals surface area contributed by atoms with E-state index in [9.17, 15) is 9.18 Å². The number of ether oxygens (including phenoxy) is 1. The van der Waals surface area contributed by atoms with E-state index in [-0.39, 0.29) is 11.5 Å². The zero-order valence-electron chi connectivity index (χ0n) is 8.17. The lowest BCUT2D eigenvalue weighted by Crippen LogP contribution is -2.11. The molecule has 0 aliphatic rings. The molecule has 1 aromatic carbocycles. The minimum Gasteiger partial charge on any atom is -0.453 e. The first-order valence-corrected chi connectivity index (χ1v) is 5.09. The second-order valence-electron chi connectivity index (χ2n) is 2.99. The molecular weight excluding hydrogens is 281 g/mol. The van der Waals surface area contributed by atoms with Crippen LogP contribution in [0, 0.1) is 5.82 Å². The second-order valence-corrected chi connectivity index (χ2v) is 3.90. The Kier molecular flexibility index (Phi) is 2.78. The van der Waals surface area contributed by atoms with Crippen LogP contribution in [-0.4, -0.2) is 23.2 Å². The average molecular weight is 288 g/mol. The Hall–Kier alpha value is -1.63. The minimum atomic E-state index is -0.668. The summed E-state index contributed by atoms with van der Waals surface area (Å²) in [5.41, 5.74) is 0.646. The Morgan fingerprint density at radius 1 is 1.62 bits per heavy atom. The molecule has 0 spiro atoms. The van der Waals surface area contributed by atoms with Crippen LogP contribution in [0.3, 0.4) is 0 Å². The van der Waals surface area contributed by atoms with Gasteiger partial charge in [-0.15, -0.1) is 0 Å². The van der Waals surface area contributed by atoms with Crippen molar-refractivity contribution in [2.24, 2.45) is 0 Å². The minimum absolute atomic E-state index is 0.138. The molecular formula is C9H7BrFN3O2. The summed E-state index contributed by atoms with van der Waals surface area (Å²) in [6.45, 7) is 0. The van der Waals surface area contributed by atoms with E-state index in [1.807, 2.05) is 0 Å². The number of aromatic amines is 1. The van der Waals surface area contributed by atoms with Crippen LogP contribution in [0.2, 0.25) is 0 Å². The number of methoxy groups -OCH3 is 1. The molecule has 16 heavy (non-hydrogen) atoms. The lowest BCUT2D eigenvalue weighted by atomic mass is 10.3. The number of carbonyl (C=O) groups excluding carboxylic acids is 1. The Bertz CT molecular complexity index is 555. The standard InChI is InChI=1S/C9H7BrFN3O2/c1-16-9(15)14-8-12-6-3-4(10)2-5(11)7(6)13-8/h2-3H,1H3,(H2,12,13,14,15). The summed E-state index contributed by atoms with van der Waals surface area (Å²) >= 11 is 3.16. The van der Waals surface area contributed by atoms with Gasteiger partial charge in [0.05, 0.1) is 12.6 Å². The van der Waals surface area contributed by atoms with Gasteiger partial charge < -0.3 is 9.72 Å². The Morgan fingerprint density at radius 2 is 2.38 bits per heavy atom. The molecule has 7 heteroatoms. The van der Waals surface area contributed by atoms with Crippen molar-refractivity contribution in [1.29, 1.82) is 0 Å². The lowest BCUT2D eigenvalue weighted by molar-refractivity contribution is 0.186. The van der Waals surface area contributed by atoms with E-state index < -0.39 is 11.9 Å². The number of nitrogens with zero attached hydrogens (tertiary/aromatic N) is 1. The molecule has 2 N–H and O–H groups in total. The molecule has 2 rings (SSSR count). The zero-order chi connectivity index (χ0) is 11.7. The van der Waals surface area contributed by atoms with Crippen molar-refractivity contribution in [3.63, 3.8) is 0 Å². The third-order valence-corrected chi connectivity index (χ3v) is 2.37. The van der Waals surface area contributed by atoms with Crippen LogP contribution in [0.1, 0.15) is 0 Å². The first kappa shape index (κ1) is 10.9. The molecule has 0 radical (unpaired) electrons. The fraction of sp³-hybridized carbons (Fsp3) is 0.111. The van der Waals surface area contributed by atoms with Crippen molar-refractivity contribution in [3.8, 4) is 0 Å². The van der Waals surface area contributed by atoms with Crippen molar-refractivity contribution in [2.75, 3.05) is 12.4 Å². The normalized spacial score (nSPS) is 10.4.